The number of carbonyl (C=O) groups is 2. The number of piperazine rings is 1. The number of aromatic amines is 1. The van der Waals surface area contributed by atoms with Crippen molar-refractivity contribution >= 4 is 34.9 Å². The average molecular weight is 394 g/mol. The van der Waals surface area contributed by atoms with Crippen LogP contribution in [-0.4, -0.2) is 59.2 Å². The second-order valence-electron chi connectivity index (χ2n) is 6.61. The van der Waals surface area contributed by atoms with Crippen LogP contribution < -0.4 is 0 Å². The number of carbonyl (C=O) groups excluding carboxylic acids is 2. The van der Waals surface area contributed by atoms with E-state index in [1.54, 1.807) is 23.1 Å². The van der Waals surface area contributed by atoms with Crippen molar-refractivity contribution in [2.75, 3.05) is 32.7 Å². The number of hydrogen-bond donors (Lipinski definition) is 1. The minimum atomic E-state index is -0.102. The summed E-state index contributed by atoms with van der Waals surface area (Å²) < 4.78 is 0. The average Bonchev–Trinajstić information content (AvgIpc) is 2.93. The highest BCUT2D eigenvalue weighted by Crippen LogP contribution is 2.23. The van der Waals surface area contributed by atoms with Gasteiger partial charge in [-0.2, -0.15) is 0 Å². The Morgan fingerprint density at radius 2 is 1.73 bits per heavy atom. The highest BCUT2D eigenvalue weighted by Gasteiger charge is 2.25. The molecule has 0 aliphatic carbocycles. The first-order chi connectivity index (χ1) is 12.3. The number of ketones is 1. The van der Waals surface area contributed by atoms with Crippen molar-refractivity contribution < 1.29 is 9.59 Å². The van der Waals surface area contributed by atoms with E-state index in [1.165, 1.54) is 0 Å². The SMILES string of the molecule is Cc1cc(C(=O)CN2CCN(C(=O)c3ccc(Cl)cc3Cl)CC2)c(C)[nH]1. The summed E-state index contributed by atoms with van der Waals surface area (Å²) in [6, 6.07) is 6.78. The summed E-state index contributed by atoms with van der Waals surface area (Å²) in [4.78, 5) is 32.1. The largest absolute Gasteiger partial charge is 0.362 e. The van der Waals surface area contributed by atoms with Gasteiger partial charge in [0, 0.05) is 48.2 Å². The number of H-pyrrole nitrogens is 1. The van der Waals surface area contributed by atoms with Gasteiger partial charge in [-0.15, -0.1) is 0 Å². The van der Waals surface area contributed by atoms with E-state index in [1.807, 2.05) is 19.9 Å². The van der Waals surface area contributed by atoms with E-state index >= 15 is 0 Å². The normalized spacial score (nSPS) is 15.3. The molecule has 3 rings (SSSR count). The third-order valence-electron chi connectivity index (χ3n) is 4.64. The van der Waals surface area contributed by atoms with Crippen molar-refractivity contribution in [2.45, 2.75) is 13.8 Å². The lowest BCUT2D eigenvalue weighted by atomic mass is 10.1. The molecule has 2 heterocycles. The van der Waals surface area contributed by atoms with E-state index < -0.39 is 0 Å². The van der Waals surface area contributed by atoms with Gasteiger partial charge in [0.15, 0.2) is 5.78 Å². The molecular formula is C19H21Cl2N3O2. The summed E-state index contributed by atoms with van der Waals surface area (Å²) in [6.07, 6.45) is 0. The zero-order valence-electron chi connectivity index (χ0n) is 14.8. The fraction of sp³-hybridized carbons (Fsp3) is 0.368. The number of nitrogens with one attached hydrogen (secondary N) is 1. The maximum atomic E-state index is 12.6. The zero-order chi connectivity index (χ0) is 18.8. The van der Waals surface area contributed by atoms with Gasteiger partial charge < -0.3 is 9.88 Å². The van der Waals surface area contributed by atoms with Gasteiger partial charge in [0.25, 0.3) is 5.91 Å². The molecule has 26 heavy (non-hydrogen) atoms. The Bertz CT molecular complexity index is 839. The number of aryl methyl sites for hydroxylation is 2. The summed E-state index contributed by atoms with van der Waals surface area (Å²) in [6.45, 7) is 6.66. The molecule has 0 radical (unpaired) electrons. The van der Waals surface area contributed by atoms with Crippen LogP contribution in [0.3, 0.4) is 0 Å². The minimum Gasteiger partial charge on any atom is -0.362 e. The number of rotatable bonds is 4. The molecule has 0 atom stereocenters. The topological polar surface area (TPSA) is 56.4 Å². The highest BCUT2D eigenvalue weighted by atomic mass is 35.5. The summed E-state index contributed by atoms with van der Waals surface area (Å²) in [5, 5.41) is 0.864. The molecule has 1 saturated heterocycles. The van der Waals surface area contributed by atoms with Crippen LogP contribution in [0.1, 0.15) is 32.1 Å². The monoisotopic (exact) mass is 393 g/mol. The van der Waals surface area contributed by atoms with Gasteiger partial charge in [-0.1, -0.05) is 23.2 Å². The molecule has 1 aromatic heterocycles. The Kier molecular flexibility index (Phi) is 5.70. The Morgan fingerprint density at radius 1 is 1.04 bits per heavy atom. The van der Waals surface area contributed by atoms with Gasteiger partial charge >= 0.3 is 0 Å². The number of amides is 1. The maximum Gasteiger partial charge on any atom is 0.255 e. The van der Waals surface area contributed by atoms with Crippen molar-refractivity contribution in [1.29, 1.82) is 0 Å². The third-order valence-corrected chi connectivity index (χ3v) is 5.19. The fourth-order valence-electron chi connectivity index (χ4n) is 3.24. The molecule has 0 spiro atoms. The van der Waals surface area contributed by atoms with Crippen molar-refractivity contribution in [2.24, 2.45) is 0 Å². The molecule has 1 aliphatic rings. The van der Waals surface area contributed by atoms with Crippen LogP contribution in [-0.2, 0) is 0 Å². The predicted molar refractivity (Wildman–Crippen MR) is 103 cm³/mol. The highest BCUT2D eigenvalue weighted by molar-refractivity contribution is 6.36. The molecule has 0 unspecified atom stereocenters. The molecule has 1 amide bonds. The van der Waals surface area contributed by atoms with E-state index in [0.717, 1.165) is 17.0 Å². The first kappa shape index (κ1) is 19.0. The molecule has 0 saturated carbocycles. The Balaban J connectivity index is 1.58. The zero-order valence-corrected chi connectivity index (χ0v) is 16.3. The van der Waals surface area contributed by atoms with E-state index in [-0.39, 0.29) is 11.7 Å². The van der Waals surface area contributed by atoms with Crippen LogP contribution in [0.4, 0.5) is 0 Å². The van der Waals surface area contributed by atoms with Crippen molar-refractivity contribution in [3.63, 3.8) is 0 Å². The van der Waals surface area contributed by atoms with E-state index in [9.17, 15) is 9.59 Å². The molecule has 0 bridgehead atoms. The summed E-state index contributed by atoms with van der Waals surface area (Å²) in [7, 11) is 0. The van der Waals surface area contributed by atoms with Gasteiger partial charge in [0.2, 0.25) is 0 Å². The van der Waals surface area contributed by atoms with Crippen LogP contribution in [0, 0.1) is 13.8 Å². The second-order valence-corrected chi connectivity index (χ2v) is 7.45. The molecule has 7 heteroatoms. The smallest absolute Gasteiger partial charge is 0.255 e. The number of benzene rings is 1. The van der Waals surface area contributed by atoms with Gasteiger partial charge in [-0.05, 0) is 38.1 Å². The Labute approximate surface area is 162 Å². The number of hydrogen-bond acceptors (Lipinski definition) is 3. The van der Waals surface area contributed by atoms with Crippen molar-refractivity contribution in [3.8, 4) is 0 Å². The number of halogens is 2. The number of Topliss-reactive ketones (excluding diaryl/α,β-unsaturated/α-hetero) is 1. The Morgan fingerprint density at radius 3 is 2.31 bits per heavy atom. The molecule has 2 aromatic rings. The second kappa shape index (κ2) is 7.82. The third kappa shape index (κ3) is 4.11. The molecule has 1 fully saturated rings. The number of aromatic nitrogens is 1. The standard InChI is InChI=1S/C19H21Cl2N3O2/c1-12-9-16(13(2)22-12)18(25)11-23-5-7-24(8-6-23)19(26)15-4-3-14(20)10-17(15)21/h3-4,9-10,22H,5-8,11H2,1-2H3. The summed E-state index contributed by atoms with van der Waals surface area (Å²) >= 11 is 12.0. The first-order valence-corrected chi connectivity index (χ1v) is 9.27. The van der Waals surface area contributed by atoms with Crippen LogP contribution >= 0.6 is 23.2 Å². The van der Waals surface area contributed by atoms with Crippen LogP contribution in [0.25, 0.3) is 0 Å². The molecular weight excluding hydrogens is 373 g/mol. The fourth-order valence-corrected chi connectivity index (χ4v) is 3.73. The lowest BCUT2D eigenvalue weighted by Gasteiger charge is -2.34. The maximum absolute atomic E-state index is 12.6. The van der Waals surface area contributed by atoms with Gasteiger partial charge in [0.1, 0.15) is 0 Å². The van der Waals surface area contributed by atoms with Gasteiger partial charge in [-0.25, -0.2) is 0 Å². The quantitative estimate of drug-likeness (QED) is 0.807. The predicted octanol–water partition coefficient (Wildman–Crippen LogP) is 3.58. The van der Waals surface area contributed by atoms with Gasteiger partial charge in [-0.3, -0.25) is 14.5 Å². The van der Waals surface area contributed by atoms with E-state index in [2.05, 4.69) is 9.88 Å². The Hall–Kier alpha value is -1.82. The molecule has 1 aliphatic heterocycles. The first-order valence-electron chi connectivity index (χ1n) is 8.51. The molecule has 1 N–H and O–H groups in total. The van der Waals surface area contributed by atoms with Crippen molar-refractivity contribution in [1.82, 2.24) is 14.8 Å². The summed E-state index contributed by atoms with van der Waals surface area (Å²) in [5.74, 6) is 0.00196. The molecule has 1 aromatic carbocycles. The summed E-state index contributed by atoms with van der Waals surface area (Å²) in [5.41, 5.74) is 3.09. The lowest BCUT2D eigenvalue weighted by Crippen LogP contribution is -2.50. The van der Waals surface area contributed by atoms with Crippen LogP contribution in [0.2, 0.25) is 10.0 Å². The van der Waals surface area contributed by atoms with E-state index in [4.69, 9.17) is 23.2 Å². The molecule has 138 valence electrons. The minimum absolute atomic E-state index is 0.102. The van der Waals surface area contributed by atoms with Crippen molar-refractivity contribution in [3.05, 3.63) is 56.8 Å². The van der Waals surface area contributed by atoms with Crippen LogP contribution in [0.15, 0.2) is 24.3 Å². The van der Waals surface area contributed by atoms with Gasteiger partial charge in [0.05, 0.1) is 17.1 Å². The molecule has 5 nitrogen and oxygen atoms in total. The van der Waals surface area contributed by atoms with E-state index in [0.29, 0.717) is 48.3 Å². The lowest BCUT2D eigenvalue weighted by molar-refractivity contribution is 0.0624. The van der Waals surface area contributed by atoms with Crippen LogP contribution in [0.5, 0.6) is 0 Å². The number of nitrogens with zero attached hydrogens (tertiary/aromatic N) is 2.